The van der Waals surface area contributed by atoms with Gasteiger partial charge in [-0.15, -0.1) is 0 Å². The fourth-order valence-corrected chi connectivity index (χ4v) is 2.98. The molecule has 0 radical (unpaired) electrons. The molecule has 1 aromatic carbocycles. The number of aliphatic imine (C=N–C) groups is 1. The average Bonchev–Trinajstić information content (AvgIpc) is 3.18. The van der Waals surface area contributed by atoms with E-state index in [1.165, 1.54) is 0 Å². The van der Waals surface area contributed by atoms with Crippen LogP contribution in [-0.4, -0.2) is 51.6 Å². The smallest absolute Gasteiger partial charge is 0.418 e. The maximum Gasteiger partial charge on any atom is 0.418 e. The van der Waals surface area contributed by atoms with E-state index in [0.29, 0.717) is 6.20 Å². The minimum atomic E-state index is -4.74. The van der Waals surface area contributed by atoms with Crippen LogP contribution in [-0.2, 0) is 10.9 Å². The third kappa shape index (κ3) is 4.16. The van der Waals surface area contributed by atoms with Gasteiger partial charge in [0.15, 0.2) is 17.4 Å². The van der Waals surface area contributed by atoms with Gasteiger partial charge in [0.25, 0.3) is 6.02 Å². The normalized spacial score (nSPS) is 18.9. The Balaban J connectivity index is 1.61. The Hall–Kier alpha value is -3.45. The maximum absolute atomic E-state index is 14.6. The first kappa shape index (κ1) is 21.8. The van der Waals surface area contributed by atoms with Crippen molar-refractivity contribution >= 4 is 22.7 Å². The van der Waals surface area contributed by atoms with Crippen LogP contribution in [0.2, 0.25) is 0 Å². The van der Waals surface area contributed by atoms with Crippen LogP contribution in [0.15, 0.2) is 35.6 Å². The summed E-state index contributed by atoms with van der Waals surface area (Å²) in [5.41, 5.74) is -2.93. The number of anilines is 1. The average molecular weight is 458 g/mol. The number of aromatic nitrogens is 2. The third-order valence-electron chi connectivity index (χ3n) is 4.59. The minimum Gasteiger partial charge on any atom is -0.462 e. The van der Waals surface area contributed by atoms with Crippen LogP contribution in [0.5, 0.6) is 11.5 Å². The van der Waals surface area contributed by atoms with Gasteiger partial charge in [0.2, 0.25) is 0 Å². The van der Waals surface area contributed by atoms with Gasteiger partial charge in [-0.25, -0.2) is 18.8 Å². The highest BCUT2D eigenvalue weighted by Gasteiger charge is 2.36. The van der Waals surface area contributed by atoms with E-state index < -0.39 is 52.5 Å². The van der Waals surface area contributed by atoms with Crippen molar-refractivity contribution in [1.82, 2.24) is 9.97 Å². The van der Waals surface area contributed by atoms with Gasteiger partial charge in [-0.3, -0.25) is 0 Å². The second-order valence-corrected chi connectivity index (χ2v) is 7.02. The van der Waals surface area contributed by atoms with Crippen molar-refractivity contribution in [2.75, 3.05) is 25.1 Å². The lowest BCUT2D eigenvalue weighted by atomic mass is 10.1. The number of halogens is 5. The molecule has 3 aromatic rings. The van der Waals surface area contributed by atoms with Crippen molar-refractivity contribution in [2.24, 2.45) is 4.99 Å². The lowest BCUT2D eigenvalue weighted by molar-refractivity contribution is -0.136. The Kier molecular flexibility index (Phi) is 5.38. The number of nitrogens with one attached hydrogen (secondary N) is 2. The van der Waals surface area contributed by atoms with Crippen LogP contribution >= 0.6 is 0 Å². The molecule has 4 rings (SSSR count). The lowest BCUT2D eigenvalue weighted by Crippen LogP contribution is -2.46. The van der Waals surface area contributed by atoms with Gasteiger partial charge in [-0.2, -0.15) is 13.2 Å². The standard InChI is InChI=1S/C19H15F5N4O4/c20-11-3-9(28-17-27-6-18(30,7-29)8-31-17)4-12(21)15(11)32-13-1-2-25-16-14(13)10(5-26-16)19(22,23)24/h1-5,29-30H,6-8H2,(H,25,26)(H,27,28)/t18-/m1/s1. The Morgan fingerprint density at radius 2 is 1.97 bits per heavy atom. The number of aliphatic hydroxyl groups excluding tert-OH is 1. The van der Waals surface area contributed by atoms with Crippen LogP contribution in [0.4, 0.5) is 27.6 Å². The molecule has 0 amide bonds. The van der Waals surface area contributed by atoms with Crippen molar-refractivity contribution in [1.29, 1.82) is 0 Å². The number of fused-ring (bicyclic) bond motifs is 1. The summed E-state index contributed by atoms with van der Waals surface area (Å²) in [6.45, 7) is -1.08. The van der Waals surface area contributed by atoms with Crippen LogP contribution in [0.3, 0.4) is 0 Å². The van der Waals surface area contributed by atoms with E-state index in [4.69, 9.17) is 14.6 Å². The number of aromatic amines is 1. The second-order valence-electron chi connectivity index (χ2n) is 7.02. The van der Waals surface area contributed by atoms with Gasteiger partial charge < -0.3 is 30.0 Å². The predicted octanol–water partition coefficient (Wildman–Crippen LogP) is 3.17. The molecule has 13 heteroatoms. The number of hydrogen-bond acceptors (Lipinski definition) is 7. The van der Waals surface area contributed by atoms with Crippen molar-refractivity contribution in [3.8, 4) is 11.5 Å². The highest BCUT2D eigenvalue weighted by molar-refractivity contribution is 5.90. The van der Waals surface area contributed by atoms with Gasteiger partial charge >= 0.3 is 6.18 Å². The van der Waals surface area contributed by atoms with Crippen LogP contribution in [0, 0.1) is 11.6 Å². The molecule has 1 atom stereocenters. The fourth-order valence-electron chi connectivity index (χ4n) is 2.98. The van der Waals surface area contributed by atoms with E-state index in [1.807, 2.05) is 0 Å². The zero-order valence-electron chi connectivity index (χ0n) is 16.0. The molecule has 0 saturated heterocycles. The molecule has 2 aromatic heterocycles. The van der Waals surface area contributed by atoms with Gasteiger partial charge in [0, 0.05) is 30.2 Å². The summed E-state index contributed by atoms with van der Waals surface area (Å²) in [6, 6.07) is 2.58. The van der Waals surface area contributed by atoms with Gasteiger partial charge in [0.05, 0.1) is 24.1 Å². The largest absolute Gasteiger partial charge is 0.462 e. The lowest BCUT2D eigenvalue weighted by Gasteiger charge is -2.28. The SMILES string of the molecule is OC[C@]1(O)CN=C(Nc2cc(F)c(Oc3ccnc4[nH]cc(C(F)(F)F)c34)c(F)c2)OC1. The van der Waals surface area contributed by atoms with Crippen molar-refractivity contribution in [3.05, 3.63) is 47.8 Å². The number of ether oxygens (including phenoxy) is 2. The van der Waals surface area contributed by atoms with E-state index in [2.05, 4.69) is 20.3 Å². The quantitative estimate of drug-likeness (QED) is 0.447. The monoisotopic (exact) mass is 458 g/mol. The zero-order valence-corrected chi connectivity index (χ0v) is 16.0. The summed E-state index contributed by atoms with van der Waals surface area (Å²) in [6.07, 6.45) is -2.92. The number of benzene rings is 1. The molecular weight excluding hydrogens is 443 g/mol. The topological polar surface area (TPSA) is 112 Å². The van der Waals surface area contributed by atoms with E-state index in [1.54, 1.807) is 0 Å². The molecule has 4 N–H and O–H groups in total. The molecule has 0 unspecified atom stereocenters. The van der Waals surface area contributed by atoms with Crippen molar-refractivity contribution < 1.29 is 41.6 Å². The first-order valence-corrected chi connectivity index (χ1v) is 9.07. The Morgan fingerprint density at radius 1 is 1.25 bits per heavy atom. The maximum atomic E-state index is 14.6. The Morgan fingerprint density at radius 3 is 2.56 bits per heavy atom. The molecule has 0 fully saturated rings. The van der Waals surface area contributed by atoms with Crippen molar-refractivity contribution in [2.45, 2.75) is 11.8 Å². The van der Waals surface area contributed by atoms with E-state index in [9.17, 15) is 27.1 Å². The molecule has 0 aliphatic carbocycles. The number of nitrogens with zero attached hydrogens (tertiary/aromatic N) is 2. The van der Waals surface area contributed by atoms with Gasteiger partial charge in [0.1, 0.15) is 23.6 Å². The van der Waals surface area contributed by atoms with E-state index in [0.717, 1.165) is 24.4 Å². The molecule has 0 saturated carbocycles. The molecule has 0 spiro atoms. The summed E-state index contributed by atoms with van der Waals surface area (Å²) in [7, 11) is 0. The van der Waals surface area contributed by atoms with E-state index in [-0.39, 0.29) is 30.5 Å². The number of aliphatic hydroxyl groups is 2. The summed E-state index contributed by atoms with van der Waals surface area (Å²) in [4.78, 5) is 9.95. The summed E-state index contributed by atoms with van der Waals surface area (Å²) >= 11 is 0. The molecule has 1 aliphatic rings. The van der Waals surface area contributed by atoms with Crippen LogP contribution in [0.25, 0.3) is 11.0 Å². The van der Waals surface area contributed by atoms with Crippen molar-refractivity contribution in [3.63, 3.8) is 0 Å². The van der Waals surface area contributed by atoms with Gasteiger partial charge in [-0.1, -0.05) is 0 Å². The second kappa shape index (κ2) is 7.91. The Bertz CT molecular complexity index is 1170. The predicted molar refractivity (Wildman–Crippen MR) is 101 cm³/mol. The first-order valence-electron chi connectivity index (χ1n) is 9.07. The number of rotatable bonds is 4. The van der Waals surface area contributed by atoms with E-state index >= 15 is 0 Å². The molecule has 8 nitrogen and oxygen atoms in total. The molecule has 1 aliphatic heterocycles. The van der Waals surface area contributed by atoms with Gasteiger partial charge in [-0.05, 0) is 6.07 Å². The first-order chi connectivity index (χ1) is 15.1. The highest BCUT2D eigenvalue weighted by Crippen LogP contribution is 2.40. The fraction of sp³-hybridized carbons (Fsp3) is 0.263. The minimum absolute atomic E-state index is 0.127. The number of H-pyrrole nitrogens is 1. The molecule has 170 valence electrons. The molecule has 3 heterocycles. The highest BCUT2D eigenvalue weighted by atomic mass is 19.4. The molecule has 32 heavy (non-hydrogen) atoms. The number of amidine groups is 1. The number of pyridine rings is 1. The number of alkyl halides is 3. The molecular formula is C19H15F5N4O4. The molecule has 0 bridgehead atoms. The zero-order chi connectivity index (χ0) is 23.1. The summed E-state index contributed by atoms with van der Waals surface area (Å²) in [5, 5.41) is 20.9. The number of hydrogen-bond donors (Lipinski definition) is 4. The summed E-state index contributed by atoms with van der Waals surface area (Å²) in [5.74, 6) is -3.77. The summed E-state index contributed by atoms with van der Waals surface area (Å²) < 4.78 is 79.2. The van der Waals surface area contributed by atoms with Crippen LogP contribution in [0.1, 0.15) is 5.56 Å². The Labute approximate surface area is 176 Å². The van der Waals surface area contributed by atoms with Crippen LogP contribution < -0.4 is 10.1 Å². The third-order valence-corrected chi connectivity index (χ3v) is 4.59.